The van der Waals surface area contributed by atoms with Gasteiger partial charge in [0.15, 0.2) is 0 Å². The Hall–Kier alpha value is -2.51. The van der Waals surface area contributed by atoms with Gasteiger partial charge in [0.05, 0.1) is 22.8 Å². The lowest BCUT2D eigenvalue weighted by molar-refractivity contribution is -0.138. The van der Waals surface area contributed by atoms with Crippen molar-refractivity contribution in [1.29, 1.82) is 0 Å². The number of benzene rings is 2. The van der Waals surface area contributed by atoms with Gasteiger partial charge in [-0.2, -0.15) is 0 Å². The number of nitrogens with zero attached hydrogens (tertiary/aromatic N) is 1. The molecule has 1 saturated heterocycles. The molecule has 2 aromatic carbocycles. The topological polar surface area (TPSA) is 83.6 Å². The van der Waals surface area contributed by atoms with Crippen molar-refractivity contribution in [2.75, 3.05) is 7.05 Å². The third-order valence-corrected chi connectivity index (χ3v) is 6.91. The number of nitrogens with one attached hydrogen (secondary N) is 1. The highest BCUT2D eigenvalue weighted by atomic mass is 32.2. The number of aryl methyl sites for hydroxylation is 2. The van der Waals surface area contributed by atoms with Crippen LogP contribution in [-0.2, 0) is 19.6 Å². The highest BCUT2D eigenvalue weighted by Crippen LogP contribution is 2.50. The van der Waals surface area contributed by atoms with Crippen LogP contribution in [0.1, 0.15) is 34.2 Å². The maximum absolute atomic E-state index is 12.9. The van der Waals surface area contributed by atoms with Crippen molar-refractivity contribution in [3.05, 3.63) is 64.7 Å². The van der Waals surface area contributed by atoms with E-state index in [9.17, 15) is 18.0 Å². The van der Waals surface area contributed by atoms with Crippen LogP contribution in [0, 0.1) is 19.8 Å². The fraction of sp³-hybridized carbons (Fsp3) is 0.300. The van der Waals surface area contributed by atoms with Gasteiger partial charge in [0.25, 0.3) is 0 Å². The van der Waals surface area contributed by atoms with Crippen LogP contribution in [0.4, 0.5) is 0 Å². The Bertz CT molecular complexity index is 1060. The Labute approximate surface area is 158 Å². The Morgan fingerprint density at radius 2 is 1.52 bits per heavy atom. The molecule has 0 aromatic heterocycles. The Morgan fingerprint density at radius 1 is 0.889 bits per heavy atom. The standard InChI is InChI=1S/C20H20N2O4S/c1-11-4-7-13(8-5-11)27(25,26)21-18-15-10-12(2)6-9-14(15)16-17(18)20(24)22(3)19(16)23/h4-10,16-18,21H,1-3H3/t16-,17-,18-/m1/s1. The Morgan fingerprint density at radius 3 is 2.19 bits per heavy atom. The molecule has 1 aliphatic carbocycles. The maximum atomic E-state index is 12.9. The van der Waals surface area contributed by atoms with Gasteiger partial charge in [0.1, 0.15) is 0 Å². The lowest BCUT2D eigenvalue weighted by Gasteiger charge is -2.20. The van der Waals surface area contributed by atoms with Crippen LogP contribution in [0.2, 0.25) is 0 Å². The largest absolute Gasteiger partial charge is 0.285 e. The minimum atomic E-state index is -3.85. The number of carbonyl (C=O) groups is 2. The van der Waals surface area contributed by atoms with E-state index < -0.39 is 27.9 Å². The summed E-state index contributed by atoms with van der Waals surface area (Å²) in [5, 5.41) is 0. The van der Waals surface area contributed by atoms with E-state index in [1.54, 1.807) is 12.1 Å². The smallest absolute Gasteiger partial charge is 0.241 e. The SMILES string of the molecule is Cc1ccc(S(=O)(=O)N[C@@H]2c3cc(C)ccc3[C@H]3C(=O)N(C)C(=O)[C@@H]23)cc1. The number of imide groups is 1. The molecule has 0 saturated carbocycles. The van der Waals surface area contributed by atoms with Crippen LogP contribution >= 0.6 is 0 Å². The molecule has 1 heterocycles. The zero-order chi connectivity index (χ0) is 19.5. The molecule has 3 atom stereocenters. The summed E-state index contributed by atoms with van der Waals surface area (Å²) in [7, 11) is -2.40. The van der Waals surface area contributed by atoms with Crippen LogP contribution in [0.5, 0.6) is 0 Å². The molecule has 0 bridgehead atoms. The normalized spacial score (nSPS) is 24.3. The van der Waals surface area contributed by atoms with Crippen LogP contribution in [0.15, 0.2) is 47.4 Å². The summed E-state index contributed by atoms with van der Waals surface area (Å²) < 4.78 is 28.6. The van der Waals surface area contributed by atoms with Crippen molar-refractivity contribution in [3.63, 3.8) is 0 Å². The first kappa shape index (κ1) is 17.9. The van der Waals surface area contributed by atoms with E-state index in [1.165, 1.54) is 19.2 Å². The maximum Gasteiger partial charge on any atom is 0.241 e. The van der Waals surface area contributed by atoms with Gasteiger partial charge in [-0.05, 0) is 37.1 Å². The van der Waals surface area contributed by atoms with Crippen molar-refractivity contribution in [2.24, 2.45) is 5.92 Å². The van der Waals surface area contributed by atoms with Gasteiger partial charge >= 0.3 is 0 Å². The third kappa shape index (κ3) is 2.69. The van der Waals surface area contributed by atoms with E-state index in [0.717, 1.165) is 21.6 Å². The Kier molecular flexibility index (Phi) is 3.98. The number of likely N-dealkylation sites (tertiary alicyclic amines) is 1. The predicted molar refractivity (Wildman–Crippen MR) is 99.4 cm³/mol. The average molecular weight is 384 g/mol. The van der Waals surface area contributed by atoms with E-state index in [4.69, 9.17) is 0 Å². The summed E-state index contributed by atoms with van der Waals surface area (Å²) in [6.45, 7) is 3.78. The van der Waals surface area contributed by atoms with Gasteiger partial charge in [-0.3, -0.25) is 14.5 Å². The second-order valence-electron chi connectivity index (χ2n) is 7.28. The molecule has 0 radical (unpaired) electrons. The van der Waals surface area contributed by atoms with Crippen LogP contribution < -0.4 is 4.72 Å². The molecule has 6 nitrogen and oxygen atoms in total. The lowest BCUT2D eigenvalue weighted by Crippen LogP contribution is -2.36. The van der Waals surface area contributed by atoms with Crippen molar-refractivity contribution >= 4 is 21.8 Å². The fourth-order valence-corrected chi connectivity index (χ4v) is 5.27. The molecule has 140 valence electrons. The third-order valence-electron chi connectivity index (χ3n) is 5.46. The molecule has 1 fully saturated rings. The van der Waals surface area contributed by atoms with E-state index in [1.807, 2.05) is 32.0 Å². The summed E-state index contributed by atoms with van der Waals surface area (Å²) in [6.07, 6.45) is 0. The van der Waals surface area contributed by atoms with Gasteiger partial charge in [0.2, 0.25) is 21.8 Å². The molecule has 4 rings (SSSR count). The zero-order valence-electron chi connectivity index (χ0n) is 15.3. The molecular weight excluding hydrogens is 364 g/mol. The number of hydrogen-bond acceptors (Lipinski definition) is 4. The van der Waals surface area contributed by atoms with Gasteiger partial charge < -0.3 is 0 Å². The van der Waals surface area contributed by atoms with Crippen molar-refractivity contribution in [3.8, 4) is 0 Å². The van der Waals surface area contributed by atoms with E-state index in [2.05, 4.69) is 4.72 Å². The quantitative estimate of drug-likeness (QED) is 0.821. The number of carbonyl (C=O) groups excluding carboxylic acids is 2. The number of sulfonamides is 1. The molecule has 2 aromatic rings. The molecular formula is C20H20N2O4S. The minimum Gasteiger partial charge on any atom is -0.285 e. The van der Waals surface area contributed by atoms with Crippen molar-refractivity contribution < 1.29 is 18.0 Å². The average Bonchev–Trinajstić information content (AvgIpc) is 3.04. The predicted octanol–water partition coefficient (Wildman–Crippen LogP) is 2.04. The molecule has 1 N–H and O–H groups in total. The Balaban J connectivity index is 1.80. The van der Waals surface area contributed by atoms with E-state index in [0.29, 0.717) is 5.56 Å². The first-order valence-electron chi connectivity index (χ1n) is 8.71. The van der Waals surface area contributed by atoms with Crippen LogP contribution in [0.25, 0.3) is 0 Å². The first-order chi connectivity index (χ1) is 12.7. The molecule has 7 heteroatoms. The molecule has 1 aliphatic heterocycles. The molecule has 0 unspecified atom stereocenters. The monoisotopic (exact) mass is 384 g/mol. The zero-order valence-corrected chi connectivity index (χ0v) is 16.1. The highest BCUT2D eigenvalue weighted by Gasteiger charge is 2.56. The highest BCUT2D eigenvalue weighted by molar-refractivity contribution is 7.89. The fourth-order valence-electron chi connectivity index (χ4n) is 4.03. The summed E-state index contributed by atoms with van der Waals surface area (Å²) in [4.78, 5) is 26.5. The van der Waals surface area contributed by atoms with Crippen LogP contribution in [0.3, 0.4) is 0 Å². The second kappa shape index (κ2) is 6.00. The van der Waals surface area contributed by atoms with Gasteiger partial charge in [-0.15, -0.1) is 0 Å². The lowest BCUT2D eigenvalue weighted by atomic mass is 9.94. The van der Waals surface area contributed by atoms with E-state index >= 15 is 0 Å². The van der Waals surface area contributed by atoms with Gasteiger partial charge in [0, 0.05) is 7.05 Å². The summed E-state index contributed by atoms with van der Waals surface area (Å²) in [6, 6.07) is 11.3. The number of likely N-dealkylation sites (N-methyl/N-ethyl adjacent to an activating group) is 1. The molecule has 27 heavy (non-hydrogen) atoms. The number of fused-ring (bicyclic) bond motifs is 3. The first-order valence-corrected chi connectivity index (χ1v) is 10.2. The van der Waals surface area contributed by atoms with Crippen LogP contribution in [-0.4, -0.2) is 32.2 Å². The number of rotatable bonds is 3. The number of amides is 2. The van der Waals surface area contributed by atoms with Gasteiger partial charge in [-0.1, -0.05) is 41.5 Å². The van der Waals surface area contributed by atoms with Gasteiger partial charge in [-0.25, -0.2) is 13.1 Å². The second-order valence-corrected chi connectivity index (χ2v) is 9.00. The number of hydrogen-bond donors (Lipinski definition) is 1. The summed E-state index contributed by atoms with van der Waals surface area (Å²) in [5.41, 5.74) is 3.33. The minimum absolute atomic E-state index is 0.135. The van der Waals surface area contributed by atoms with Crippen molar-refractivity contribution in [2.45, 2.75) is 30.7 Å². The summed E-state index contributed by atoms with van der Waals surface area (Å²) in [5.74, 6) is -2.02. The van der Waals surface area contributed by atoms with E-state index in [-0.39, 0.29) is 16.7 Å². The molecule has 2 aliphatic rings. The summed E-state index contributed by atoms with van der Waals surface area (Å²) >= 11 is 0. The molecule has 2 amide bonds. The van der Waals surface area contributed by atoms with Crippen molar-refractivity contribution in [1.82, 2.24) is 9.62 Å². The molecule has 0 spiro atoms.